The van der Waals surface area contributed by atoms with Crippen molar-refractivity contribution in [2.24, 2.45) is 10.9 Å². The number of piperidine rings is 1. The fourth-order valence-corrected chi connectivity index (χ4v) is 4.89. The molecule has 0 unspecified atom stereocenters. The monoisotopic (exact) mass is 538 g/mol. The fraction of sp³-hybridized carbons (Fsp3) is 0.565. The van der Waals surface area contributed by atoms with Crippen molar-refractivity contribution in [1.29, 1.82) is 0 Å². The summed E-state index contributed by atoms with van der Waals surface area (Å²) in [4.78, 5) is 20.3. The Balaban J connectivity index is 1.59. The lowest BCUT2D eigenvalue weighted by Crippen LogP contribution is -2.35. The van der Waals surface area contributed by atoms with E-state index in [9.17, 15) is 31.1 Å². The normalized spacial score (nSPS) is 19.4. The number of rotatable bonds is 8. The standard InChI is InChI=1S/C23H28F6N4O2S/c1-32(10-11-34)9-6-30-20-19(36-21(35)31-20)12-15-4-7-33(8-5-15)14-16-2-3-17(22(24,25)26)13-18(16)23(27,28)29/h2-3,12-13,15,34H,4-11,14H2,1H3,(H,30,31,35)/b19-12-. The van der Waals surface area contributed by atoms with Crippen LogP contribution in [0.2, 0.25) is 0 Å². The van der Waals surface area contributed by atoms with Gasteiger partial charge in [0.1, 0.15) is 5.84 Å². The summed E-state index contributed by atoms with van der Waals surface area (Å²) in [6.45, 7) is 2.60. The van der Waals surface area contributed by atoms with Crippen LogP contribution in [0.15, 0.2) is 34.2 Å². The second-order valence-corrected chi connectivity index (χ2v) is 9.79. The van der Waals surface area contributed by atoms with Crippen molar-refractivity contribution in [2.75, 3.05) is 46.4 Å². The summed E-state index contributed by atoms with van der Waals surface area (Å²) in [5, 5.41) is 11.8. The number of amidine groups is 1. The molecule has 2 heterocycles. The van der Waals surface area contributed by atoms with Gasteiger partial charge in [-0.25, -0.2) is 0 Å². The Labute approximate surface area is 209 Å². The molecule has 0 saturated carbocycles. The zero-order chi connectivity index (χ0) is 26.5. The van der Waals surface area contributed by atoms with Crippen LogP contribution in [-0.2, 0) is 18.9 Å². The van der Waals surface area contributed by atoms with E-state index >= 15 is 0 Å². The Morgan fingerprint density at radius 3 is 2.47 bits per heavy atom. The second kappa shape index (κ2) is 12.0. The van der Waals surface area contributed by atoms with Crippen molar-refractivity contribution in [1.82, 2.24) is 15.1 Å². The molecule has 0 aliphatic carbocycles. The number of likely N-dealkylation sites (tertiary alicyclic amines) is 1. The number of nitrogens with one attached hydrogen (secondary N) is 1. The number of carbonyl (C=O) groups is 1. The van der Waals surface area contributed by atoms with Crippen molar-refractivity contribution < 1.29 is 36.2 Å². The van der Waals surface area contributed by atoms with E-state index in [-0.39, 0.29) is 35.9 Å². The van der Waals surface area contributed by atoms with E-state index in [1.54, 1.807) is 4.90 Å². The SMILES string of the molecule is CN(CCO)CCNC1=NC(=O)S/C1=C\C1CCN(Cc2ccc(C(F)(F)F)cc2C(F)(F)F)CC1. The zero-order valence-electron chi connectivity index (χ0n) is 19.6. The van der Waals surface area contributed by atoms with Crippen LogP contribution in [-0.4, -0.2) is 72.4 Å². The Morgan fingerprint density at radius 2 is 1.86 bits per heavy atom. The minimum Gasteiger partial charge on any atom is -0.395 e. The lowest BCUT2D eigenvalue weighted by molar-refractivity contribution is -0.143. The second-order valence-electron chi connectivity index (χ2n) is 8.79. The van der Waals surface area contributed by atoms with Crippen LogP contribution in [0.25, 0.3) is 0 Å². The van der Waals surface area contributed by atoms with Crippen LogP contribution >= 0.6 is 11.8 Å². The van der Waals surface area contributed by atoms with E-state index in [1.807, 2.05) is 18.0 Å². The molecule has 0 radical (unpaired) electrons. The molecule has 0 atom stereocenters. The van der Waals surface area contributed by atoms with Crippen molar-refractivity contribution in [2.45, 2.75) is 31.7 Å². The van der Waals surface area contributed by atoms with Crippen LogP contribution in [0.3, 0.4) is 0 Å². The average Bonchev–Trinajstić information content (AvgIpc) is 3.12. The van der Waals surface area contributed by atoms with Gasteiger partial charge in [-0.3, -0.25) is 9.69 Å². The molecule has 0 aromatic heterocycles. The van der Waals surface area contributed by atoms with Crippen molar-refractivity contribution in [3.63, 3.8) is 0 Å². The van der Waals surface area contributed by atoms with E-state index in [0.717, 1.165) is 17.8 Å². The molecule has 1 saturated heterocycles. The number of thioether (sulfide) groups is 1. The molecule has 36 heavy (non-hydrogen) atoms. The van der Waals surface area contributed by atoms with Gasteiger partial charge in [0.15, 0.2) is 0 Å². The Bertz CT molecular complexity index is 988. The van der Waals surface area contributed by atoms with Gasteiger partial charge in [-0.05, 0) is 68.4 Å². The first-order chi connectivity index (χ1) is 16.9. The predicted octanol–water partition coefficient (Wildman–Crippen LogP) is 4.60. The number of alkyl halides is 6. The van der Waals surface area contributed by atoms with Gasteiger partial charge in [0.05, 0.1) is 22.6 Å². The minimum absolute atomic E-state index is 0.0476. The lowest BCUT2D eigenvalue weighted by atomic mass is 9.95. The summed E-state index contributed by atoms with van der Waals surface area (Å²) in [6, 6.07) is 1.77. The van der Waals surface area contributed by atoms with Crippen LogP contribution in [0, 0.1) is 5.92 Å². The largest absolute Gasteiger partial charge is 0.416 e. The summed E-state index contributed by atoms with van der Waals surface area (Å²) in [7, 11) is 1.86. The van der Waals surface area contributed by atoms with Crippen LogP contribution in [0.1, 0.15) is 29.5 Å². The summed E-state index contributed by atoms with van der Waals surface area (Å²) in [5.74, 6) is 0.581. The minimum atomic E-state index is -4.89. The van der Waals surface area contributed by atoms with Gasteiger partial charge in [0.25, 0.3) is 0 Å². The highest BCUT2D eigenvalue weighted by atomic mass is 32.2. The van der Waals surface area contributed by atoms with Crippen LogP contribution in [0.5, 0.6) is 0 Å². The number of halogens is 6. The Morgan fingerprint density at radius 1 is 1.17 bits per heavy atom. The number of aliphatic hydroxyl groups excluding tert-OH is 1. The molecule has 2 N–H and O–H groups in total. The molecular weight excluding hydrogens is 510 g/mol. The molecule has 1 aromatic carbocycles. The highest BCUT2D eigenvalue weighted by molar-refractivity contribution is 8.18. The topological polar surface area (TPSA) is 68.2 Å². The molecule has 1 fully saturated rings. The first-order valence-corrected chi connectivity index (χ1v) is 12.2. The van der Waals surface area contributed by atoms with Gasteiger partial charge in [0, 0.05) is 26.2 Å². The van der Waals surface area contributed by atoms with Gasteiger partial charge in [-0.2, -0.15) is 31.3 Å². The number of hydrogen-bond acceptors (Lipinski definition) is 6. The number of aliphatic hydroxyl groups is 1. The molecule has 2 aliphatic heterocycles. The third-order valence-electron chi connectivity index (χ3n) is 6.06. The quantitative estimate of drug-likeness (QED) is 0.472. The number of hydrogen-bond donors (Lipinski definition) is 2. The first-order valence-electron chi connectivity index (χ1n) is 11.4. The molecular formula is C23H28F6N4O2S. The van der Waals surface area contributed by atoms with Gasteiger partial charge >= 0.3 is 17.6 Å². The summed E-state index contributed by atoms with van der Waals surface area (Å²) < 4.78 is 79.1. The fourth-order valence-electron chi connectivity index (χ4n) is 4.09. The number of aliphatic imine (C=N–C) groups is 1. The van der Waals surface area contributed by atoms with Gasteiger partial charge in [-0.15, -0.1) is 0 Å². The third-order valence-corrected chi connectivity index (χ3v) is 6.87. The van der Waals surface area contributed by atoms with Crippen molar-refractivity contribution in [3.05, 3.63) is 45.9 Å². The van der Waals surface area contributed by atoms with Crippen LogP contribution < -0.4 is 5.32 Å². The Hall–Kier alpha value is -2.09. The third kappa shape index (κ3) is 7.95. The summed E-state index contributed by atoms with van der Waals surface area (Å²) in [6.07, 6.45) is -6.52. The van der Waals surface area contributed by atoms with Crippen molar-refractivity contribution in [3.8, 4) is 0 Å². The molecule has 3 rings (SSSR count). The molecule has 6 nitrogen and oxygen atoms in total. The number of amides is 1. The van der Waals surface area contributed by atoms with Crippen LogP contribution in [0.4, 0.5) is 31.1 Å². The average molecular weight is 539 g/mol. The van der Waals surface area contributed by atoms with E-state index in [4.69, 9.17) is 5.11 Å². The number of nitrogens with zero attached hydrogens (tertiary/aromatic N) is 3. The molecule has 1 amide bonds. The van der Waals surface area contributed by atoms with Gasteiger partial charge < -0.3 is 15.3 Å². The molecule has 2 aliphatic rings. The van der Waals surface area contributed by atoms with Gasteiger partial charge in [0.2, 0.25) is 0 Å². The number of carbonyl (C=O) groups excluding carboxylic acids is 1. The van der Waals surface area contributed by atoms with E-state index in [0.29, 0.717) is 62.4 Å². The molecule has 13 heteroatoms. The molecule has 0 bridgehead atoms. The highest BCUT2D eigenvalue weighted by Crippen LogP contribution is 2.38. The Kier molecular flexibility index (Phi) is 9.47. The van der Waals surface area contributed by atoms with E-state index in [2.05, 4.69) is 10.3 Å². The lowest BCUT2D eigenvalue weighted by Gasteiger charge is -2.31. The maximum absolute atomic E-state index is 13.4. The number of allylic oxidation sites excluding steroid dienone is 1. The zero-order valence-corrected chi connectivity index (χ0v) is 20.4. The maximum atomic E-state index is 13.4. The molecule has 200 valence electrons. The number of likely N-dealkylation sites (N-methyl/N-ethyl adjacent to an activating group) is 1. The number of benzene rings is 1. The molecule has 0 spiro atoms. The highest BCUT2D eigenvalue weighted by Gasteiger charge is 2.38. The van der Waals surface area contributed by atoms with Gasteiger partial charge in [-0.1, -0.05) is 12.1 Å². The smallest absolute Gasteiger partial charge is 0.395 e. The maximum Gasteiger partial charge on any atom is 0.416 e. The summed E-state index contributed by atoms with van der Waals surface area (Å²) >= 11 is 1.02. The molecule has 1 aromatic rings. The van der Waals surface area contributed by atoms with Crippen molar-refractivity contribution >= 4 is 22.8 Å². The predicted molar refractivity (Wildman–Crippen MR) is 126 cm³/mol. The first kappa shape index (κ1) is 28.5. The van der Waals surface area contributed by atoms with E-state index in [1.165, 1.54) is 0 Å². The summed E-state index contributed by atoms with van der Waals surface area (Å²) in [5.41, 5.74) is -2.77. The van der Waals surface area contributed by atoms with E-state index < -0.39 is 23.5 Å².